The Balaban J connectivity index is 2.78. The lowest BCUT2D eigenvalue weighted by Gasteiger charge is -2.30. The van der Waals surface area contributed by atoms with E-state index in [0.717, 1.165) is 0 Å². The Kier molecular flexibility index (Phi) is 9.46. The van der Waals surface area contributed by atoms with E-state index in [1.165, 1.54) is 0 Å². The maximum Gasteiger partial charge on any atom is 0.329 e. The van der Waals surface area contributed by atoms with Gasteiger partial charge in [-0.15, -0.1) is 0 Å². The molecule has 0 bridgehead atoms. The molecular weight excluding hydrogens is 380 g/mol. The Morgan fingerprint density at radius 1 is 1.00 bits per heavy atom. The van der Waals surface area contributed by atoms with Gasteiger partial charge in [0.15, 0.2) is 6.61 Å². The molecule has 0 radical (unpaired) electrons. The Morgan fingerprint density at radius 3 is 2.00 bits per heavy atom. The zero-order chi connectivity index (χ0) is 21.4. The van der Waals surface area contributed by atoms with Crippen LogP contribution in [0.3, 0.4) is 0 Å². The number of carbonyl (C=O) groups is 3. The van der Waals surface area contributed by atoms with Gasteiger partial charge in [-0.3, -0.25) is 9.59 Å². The number of carbonyl (C=O) groups excluding carboxylic acids is 3. The predicted octanol–water partition coefficient (Wildman–Crippen LogP) is 3.67. The summed E-state index contributed by atoms with van der Waals surface area (Å²) in [6.07, 6.45) is 0.407. The van der Waals surface area contributed by atoms with Crippen LogP contribution in [0, 0.1) is 5.92 Å². The van der Waals surface area contributed by atoms with Gasteiger partial charge in [-0.1, -0.05) is 25.4 Å². The minimum absolute atomic E-state index is 0.00210. The van der Waals surface area contributed by atoms with Crippen molar-refractivity contribution < 1.29 is 19.1 Å². The number of nitrogens with one attached hydrogen (secondary N) is 1. The molecule has 0 aliphatic carbocycles. The smallest absolute Gasteiger partial charge is 0.329 e. The van der Waals surface area contributed by atoms with Gasteiger partial charge in [-0.05, 0) is 64.3 Å². The average molecular weight is 411 g/mol. The fourth-order valence-corrected chi connectivity index (χ4v) is 3.13. The molecule has 0 fully saturated rings. The van der Waals surface area contributed by atoms with Crippen molar-refractivity contribution in [3.05, 3.63) is 34.9 Å². The molecule has 28 heavy (non-hydrogen) atoms. The molecule has 1 atom stereocenters. The maximum atomic E-state index is 12.5. The molecule has 0 saturated carbocycles. The van der Waals surface area contributed by atoms with Crippen LogP contribution in [0.2, 0.25) is 5.02 Å². The maximum absolute atomic E-state index is 12.5. The quantitative estimate of drug-likeness (QED) is 0.630. The third-order valence-corrected chi connectivity index (χ3v) is 4.39. The van der Waals surface area contributed by atoms with Crippen LogP contribution in [-0.2, 0) is 14.3 Å². The van der Waals surface area contributed by atoms with E-state index in [1.807, 2.05) is 41.5 Å². The van der Waals surface area contributed by atoms with Gasteiger partial charge in [0.25, 0.3) is 11.8 Å². The fourth-order valence-electron chi connectivity index (χ4n) is 3.01. The van der Waals surface area contributed by atoms with Crippen LogP contribution < -0.4 is 5.32 Å². The van der Waals surface area contributed by atoms with Crippen molar-refractivity contribution in [1.82, 2.24) is 10.2 Å². The van der Waals surface area contributed by atoms with Crippen LogP contribution in [0.25, 0.3) is 0 Å². The first-order valence-electron chi connectivity index (χ1n) is 9.57. The van der Waals surface area contributed by atoms with Crippen LogP contribution in [0.1, 0.15) is 58.3 Å². The highest BCUT2D eigenvalue weighted by molar-refractivity contribution is 6.30. The van der Waals surface area contributed by atoms with E-state index in [-0.39, 0.29) is 30.5 Å². The van der Waals surface area contributed by atoms with Gasteiger partial charge in [-0.25, -0.2) is 4.79 Å². The molecule has 0 aliphatic rings. The number of benzene rings is 1. The SMILES string of the molecule is CC(C)C[C@H](NC(=O)c1ccc(Cl)cc1)C(=O)OCC(=O)N(C(C)C)C(C)C. The van der Waals surface area contributed by atoms with Crippen molar-refractivity contribution in [2.24, 2.45) is 5.92 Å². The van der Waals surface area contributed by atoms with E-state index >= 15 is 0 Å². The highest BCUT2D eigenvalue weighted by Gasteiger charge is 2.26. The number of hydrogen-bond donors (Lipinski definition) is 1. The standard InChI is InChI=1S/C21H31ClN2O4/c1-13(2)11-18(23-20(26)16-7-9-17(22)10-8-16)21(27)28-12-19(25)24(14(3)4)15(5)6/h7-10,13-15,18H,11-12H2,1-6H3,(H,23,26)/t18-/m0/s1. The molecular formula is C21H31ClN2O4. The monoisotopic (exact) mass is 410 g/mol. The number of halogens is 1. The Morgan fingerprint density at radius 2 is 1.54 bits per heavy atom. The first-order valence-corrected chi connectivity index (χ1v) is 9.94. The predicted molar refractivity (Wildman–Crippen MR) is 110 cm³/mol. The molecule has 0 aliphatic heterocycles. The van der Waals surface area contributed by atoms with Gasteiger partial charge in [-0.2, -0.15) is 0 Å². The van der Waals surface area contributed by atoms with Crippen molar-refractivity contribution in [2.75, 3.05) is 6.61 Å². The summed E-state index contributed by atoms with van der Waals surface area (Å²) >= 11 is 5.84. The summed E-state index contributed by atoms with van der Waals surface area (Å²) in [6, 6.07) is 5.56. The molecule has 0 spiro atoms. The second kappa shape index (κ2) is 11.1. The number of rotatable bonds is 9. The summed E-state index contributed by atoms with van der Waals surface area (Å²) in [5, 5.41) is 3.22. The molecule has 156 valence electrons. The summed E-state index contributed by atoms with van der Waals surface area (Å²) in [5.41, 5.74) is 0.396. The van der Waals surface area contributed by atoms with Crippen LogP contribution >= 0.6 is 11.6 Å². The summed E-state index contributed by atoms with van der Waals surface area (Å²) in [4.78, 5) is 39.0. The fraction of sp³-hybridized carbons (Fsp3) is 0.571. The number of amides is 2. The molecule has 0 saturated heterocycles. The minimum atomic E-state index is -0.831. The first kappa shape index (κ1) is 24.0. The number of hydrogen-bond acceptors (Lipinski definition) is 4. The van der Waals surface area contributed by atoms with Crippen LogP contribution in [-0.4, -0.2) is 47.4 Å². The third kappa shape index (κ3) is 7.50. The van der Waals surface area contributed by atoms with Crippen molar-refractivity contribution in [2.45, 2.75) is 66.1 Å². The minimum Gasteiger partial charge on any atom is -0.454 e. The molecule has 1 rings (SSSR count). The van der Waals surface area contributed by atoms with E-state index in [2.05, 4.69) is 5.32 Å². The lowest BCUT2D eigenvalue weighted by atomic mass is 10.0. The molecule has 2 amide bonds. The molecule has 7 heteroatoms. The van der Waals surface area contributed by atoms with E-state index in [4.69, 9.17) is 16.3 Å². The zero-order valence-corrected chi connectivity index (χ0v) is 18.2. The van der Waals surface area contributed by atoms with E-state index < -0.39 is 17.9 Å². The molecule has 1 aromatic rings. The van der Waals surface area contributed by atoms with Crippen LogP contribution in [0.5, 0.6) is 0 Å². The molecule has 0 aromatic heterocycles. The van der Waals surface area contributed by atoms with Crippen molar-refractivity contribution in [3.8, 4) is 0 Å². The summed E-state index contributed by atoms with van der Waals surface area (Å²) in [7, 11) is 0. The van der Waals surface area contributed by atoms with Gasteiger partial charge in [0, 0.05) is 22.7 Å². The lowest BCUT2D eigenvalue weighted by Crippen LogP contribution is -2.46. The number of ether oxygens (including phenoxy) is 1. The Bertz CT molecular complexity index is 663. The van der Waals surface area contributed by atoms with E-state index in [0.29, 0.717) is 17.0 Å². The second-order valence-electron chi connectivity index (χ2n) is 7.76. The first-order chi connectivity index (χ1) is 13.0. The molecule has 6 nitrogen and oxygen atoms in total. The van der Waals surface area contributed by atoms with Crippen molar-refractivity contribution >= 4 is 29.4 Å². The van der Waals surface area contributed by atoms with E-state index in [9.17, 15) is 14.4 Å². The summed E-state index contributed by atoms with van der Waals surface area (Å²) in [5.74, 6) is -1.11. The Hall–Kier alpha value is -2.08. The third-order valence-electron chi connectivity index (χ3n) is 4.14. The average Bonchev–Trinajstić information content (AvgIpc) is 2.58. The molecule has 1 aromatic carbocycles. The van der Waals surface area contributed by atoms with E-state index in [1.54, 1.807) is 29.2 Å². The summed E-state index contributed by atoms with van der Waals surface area (Å²) < 4.78 is 5.24. The molecule has 0 unspecified atom stereocenters. The largest absolute Gasteiger partial charge is 0.454 e. The van der Waals surface area contributed by atoms with Crippen molar-refractivity contribution in [1.29, 1.82) is 0 Å². The highest BCUT2D eigenvalue weighted by Crippen LogP contribution is 2.12. The van der Waals surface area contributed by atoms with Crippen LogP contribution in [0.4, 0.5) is 0 Å². The van der Waals surface area contributed by atoms with Crippen LogP contribution in [0.15, 0.2) is 24.3 Å². The Labute approximate surface area is 172 Å². The number of esters is 1. The summed E-state index contributed by atoms with van der Waals surface area (Å²) in [6.45, 7) is 11.2. The molecule has 1 N–H and O–H groups in total. The van der Waals surface area contributed by atoms with Crippen molar-refractivity contribution in [3.63, 3.8) is 0 Å². The highest BCUT2D eigenvalue weighted by atomic mass is 35.5. The van der Waals surface area contributed by atoms with Gasteiger partial charge in [0.2, 0.25) is 0 Å². The normalized spacial score (nSPS) is 12.2. The zero-order valence-electron chi connectivity index (χ0n) is 17.5. The number of nitrogens with zero attached hydrogens (tertiary/aromatic N) is 1. The lowest BCUT2D eigenvalue weighted by molar-refractivity contribution is -0.155. The van der Waals surface area contributed by atoms with Gasteiger partial charge in [0.05, 0.1) is 0 Å². The topological polar surface area (TPSA) is 75.7 Å². The second-order valence-corrected chi connectivity index (χ2v) is 8.20. The van der Waals surface area contributed by atoms with Gasteiger partial charge < -0.3 is 15.0 Å². The van der Waals surface area contributed by atoms with Gasteiger partial charge in [0.1, 0.15) is 6.04 Å². The van der Waals surface area contributed by atoms with Gasteiger partial charge >= 0.3 is 5.97 Å². The molecule has 0 heterocycles.